The van der Waals surface area contributed by atoms with Gasteiger partial charge in [0.2, 0.25) is 0 Å². The third kappa shape index (κ3) is 6.67. The SMILES string of the molecule is CN=C(NCCc1ncc(C)s1)NCC1(N(C)C)CCCC(C)C1.I. The minimum atomic E-state index is 0. The van der Waals surface area contributed by atoms with Gasteiger partial charge in [0.25, 0.3) is 0 Å². The molecule has 2 rings (SSSR count). The number of rotatable bonds is 6. The molecule has 1 heterocycles. The Balaban J connectivity index is 0.00000312. The molecule has 2 atom stereocenters. The lowest BCUT2D eigenvalue weighted by molar-refractivity contribution is 0.0796. The van der Waals surface area contributed by atoms with Gasteiger partial charge in [0.15, 0.2) is 5.96 Å². The molecule has 0 amide bonds. The molecule has 0 bridgehead atoms. The number of aromatic nitrogens is 1. The van der Waals surface area contributed by atoms with E-state index < -0.39 is 0 Å². The number of nitrogens with one attached hydrogen (secondary N) is 2. The number of thiazole rings is 1. The van der Waals surface area contributed by atoms with E-state index in [9.17, 15) is 0 Å². The van der Waals surface area contributed by atoms with E-state index in [0.29, 0.717) is 0 Å². The van der Waals surface area contributed by atoms with Crippen molar-refractivity contribution in [2.24, 2.45) is 10.9 Å². The third-order valence-corrected chi connectivity index (χ3v) is 6.10. The Morgan fingerprint density at radius 2 is 2.20 bits per heavy atom. The molecular weight excluding hydrogens is 445 g/mol. The molecule has 0 aliphatic heterocycles. The number of nitrogens with zero attached hydrogens (tertiary/aromatic N) is 3. The van der Waals surface area contributed by atoms with Crippen LogP contribution >= 0.6 is 35.3 Å². The van der Waals surface area contributed by atoms with Crippen molar-refractivity contribution in [1.82, 2.24) is 20.5 Å². The van der Waals surface area contributed by atoms with Crippen LogP contribution in [0, 0.1) is 12.8 Å². The normalized spacial score (nSPS) is 24.1. The number of likely N-dealkylation sites (N-methyl/N-ethyl adjacent to an activating group) is 1. The second kappa shape index (κ2) is 10.7. The van der Waals surface area contributed by atoms with E-state index >= 15 is 0 Å². The Labute approximate surface area is 174 Å². The van der Waals surface area contributed by atoms with Crippen LogP contribution in [0.1, 0.15) is 42.5 Å². The molecular formula is C18H34IN5S. The molecule has 25 heavy (non-hydrogen) atoms. The van der Waals surface area contributed by atoms with E-state index in [-0.39, 0.29) is 29.5 Å². The second-order valence-electron chi connectivity index (χ2n) is 7.29. The van der Waals surface area contributed by atoms with Gasteiger partial charge >= 0.3 is 0 Å². The van der Waals surface area contributed by atoms with E-state index in [1.54, 1.807) is 11.3 Å². The van der Waals surface area contributed by atoms with Crippen molar-refractivity contribution >= 4 is 41.3 Å². The summed E-state index contributed by atoms with van der Waals surface area (Å²) >= 11 is 1.77. The van der Waals surface area contributed by atoms with Gasteiger partial charge in [0.1, 0.15) is 0 Å². The van der Waals surface area contributed by atoms with Crippen molar-refractivity contribution in [2.45, 2.75) is 51.5 Å². The first-order valence-electron chi connectivity index (χ1n) is 8.98. The highest BCUT2D eigenvalue weighted by Crippen LogP contribution is 2.35. The summed E-state index contributed by atoms with van der Waals surface area (Å²) in [5.74, 6) is 1.69. The van der Waals surface area contributed by atoms with Gasteiger partial charge in [-0.05, 0) is 39.8 Å². The van der Waals surface area contributed by atoms with Gasteiger partial charge in [0, 0.05) is 43.2 Å². The van der Waals surface area contributed by atoms with Crippen LogP contribution < -0.4 is 10.6 Å². The fourth-order valence-electron chi connectivity index (χ4n) is 3.63. The predicted molar refractivity (Wildman–Crippen MR) is 119 cm³/mol. The van der Waals surface area contributed by atoms with Gasteiger partial charge in [-0.15, -0.1) is 35.3 Å². The Morgan fingerprint density at radius 1 is 1.44 bits per heavy atom. The smallest absolute Gasteiger partial charge is 0.191 e. The highest BCUT2D eigenvalue weighted by molar-refractivity contribution is 14.0. The maximum absolute atomic E-state index is 4.41. The van der Waals surface area contributed by atoms with Crippen molar-refractivity contribution in [3.05, 3.63) is 16.1 Å². The topological polar surface area (TPSA) is 52.6 Å². The standard InChI is InChI=1S/C18H33N5S.HI/c1-14-7-6-9-18(11-14,23(4)5)13-22-17(19-3)20-10-8-16-21-12-15(2)24-16;/h12,14H,6-11,13H2,1-5H3,(H2,19,20,22);1H. The molecule has 7 heteroatoms. The fourth-order valence-corrected chi connectivity index (χ4v) is 4.42. The molecule has 1 saturated carbocycles. The van der Waals surface area contributed by atoms with E-state index in [1.165, 1.54) is 35.6 Å². The van der Waals surface area contributed by atoms with Crippen LogP contribution in [-0.4, -0.2) is 55.6 Å². The molecule has 1 aromatic rings. The van der Waals surface area contributed by atoms with Gasteiger partial charge in [-0.1, -0.05) is 19.8 Å². The van der Waals surface area contributed by atoms with E-state index in [2.05, 4.69) is 53.5 Å². The highest BCUT2D eigenvalue weighted by atomic mass is 127. The average molecular weight is 479 g/mol. The maximum atomic E-state index is 4.41. The lowest BCUT2D eigenvalue weighted by Gasteiger charge is -2.45. The lowest BCUT2D eigenvalue weighted by atomic mass is 9.75. The molecule has 2 unspecified atom stereocenters. The van der Waals surface area contributed by atoms with E-state index in [1.807, 2.05) is 13.2 Å². The summed E-state index contributed by atoms with van der Waals surface area (Å²) in [5, 5.41) is 8.16. The van der Waals surface area contributed by atoms with Crippen LogP contribution in [0.5, 0.6) is 0 Å². The number of guanidine groups is 1. The molecule has 0 spiro atoms. The zero-order valence-corrected chi connectivity index (χ0v) is 19.4. The predicted octanol–water partition coefficient (Wildman–Crippen LogP) is 3.29. The van der Waals surface area contributed by atoms with Crippen LogP contribution in [0.3, 0.4) is 0 Å². The molecule has 1 aromatic heterocycles. The summed E-state index contributed by atoms with van der Waals surface area (Å²) in [6.45, 7) is 6.28. The molecule has 2 N–H and O–H groups in total. The largest absolute Gasteiger partial charge is 0.356 e. The van der Waals surface area contributed by atoms with Crippen LogP contribution in [0.15, 0.2) is 11.2 Å². The van der Waals surface area contributed by atoms with Gasteiger partial charge in [-0.25, -0.2) is 4.98 Å². The summed E-state index contributed by atoms with van der Waals surface area (Å²) < 4.78 is 0. The monoisotopic (exact) mass is 479 g/mol. The minimum absolute atomic E-state index is 0. The van der Waals surface area contributed by atoms with Crippen LogP contribution in [-0.2, 0) is 6.42 Å². The number of hydrogen-bond acceptors (Lipinski definition) is 4. The quantitative estimate of drug-likeness (QED) is 0.374. The first kappa shape index (κ1) is 22.6. The van der Waals surface area contributed by atoms with Crippen molar-refractivity contribution < 1.29 is 0 Å². The molecule has 1 aliphatic rings. The third-order valence-electron chi connectivity index (χ3n) is 5.13. The maximum Gasteiger partial charge on any atom is 0.191 e. The molecule has 1 aliphatic carbocycles. The summed E-state index contributed by atoms with van der Waals surface area (Å²) in [6, 6.07) is 0. The van der Waals surface area contributed by atoms with Gasteiger partial charge in [-0.3, -0.25) is 4.99 Å². The Morgan fingerprint density at radius 3 is 2.76 bits per heavy atom. The average Bonchev–Trinajstić information content (AvgIpc) is 2.96. The van der Waals surface area contributed by atoms with Crippen molar-refractivity contribution in [3.63, 3.8) is 0 Å². The van der Waals surface area contributed by atoms with Crippen molar-refractivity contribution in [3.8, 4) is 0 Å². The summed E-state index contributed by atoms with van der Waals surface area (Å²) in [7, 11) is 6.26. The Hall–Kier alpha value is -0.410. The van der Waals surface area contributed by atoms with Crippen LogP contribution in [0.4, 0.5) is 0 Å². The molecule has 0 aromatic carbocycles. The number of aryl methyl sites for hydroxylation is 1. The molecule has 1 fully saturated rings. The van der Waals surface area contributed by atoms with Crippen LogP contribution in [0.25, 0.3) is 0 Å². The summed E-state index contributed by atoms with van der Waals surface area (Å²) in [5.41, 5.74) is 0.238. The minimum Gasteiger partial charge on any atom is -0.356 e. The zero-order chi connectivity index (χ0) is 17.6. The number of hydrogen-bond donors (Lipinski definition) is 2. The highest BCUT2D eigenvalue weighted by Gasteiger charge is 2.36. The summed E-state index contributed by atoms with van der Waals surface area (Å²) in [6.07, 6.45) is 8.06. The van der Waals surface area contributed by atoms with E-state index in [0.717, 1.165) is 31.4 Å². The van der Waals surface area contributed by atoms with Crippen LogP contribution in [0.2, 0.25) is 0 Å². The molecule has 144 valence electrons. The van der Waals surface area contributed by atoms with Gasteiger partial charge < -0.3 is 15.5 Å². The number of halogens is 1. The molecule has 0 radical (unpaired) electrons. The Bertz CT molecular complexity index is 545. The van der Waals surface area contributed by atoms with Gasteiger partial charge in [-0.2, -0.15) is 0 Å². The number of aliphatic imine (C=N–C) groups is 1. The Kier molecular flexibility index (Phi) is 9.66. The summed E-state index contributed by atoms with van der Waals surface area (Å²) in [4.78, 5) is 12.5. The second-order valence-corrected chi connectivity index (χ2v) is 8.61. The lowest BCUT2D eigenvalue weighted by Crippen LogP contribution is -2.56. The fraction of sp³-hybridized carbons (Fsp3) is 0.778. The molecule has 0 saturated heterocycles. The van der Waals surface area contributed by atoms with E-state index in [4.69, 9.17) is 0 Å². The molecule has 5 nitrogen and oxygen atoms in total. The van der Waals surface area contributed by atoms with Crippen molar-refractivity contribution in [1.29, 1.82) is 0 Å². The van der Waals surface area contributed by atoms with Crippen molar-refractivity contribution in [2.75, 3.05) is 34.2 Å². The first-order chi connectivity index (χ1) is 11.4. The zero-order valence-electron chi connectivity index (χ0n) is 16.3. The first-order valence-corrected chi connectivity index (χ1v) is 9.80. The van der Waals surface area contributed by atoms with Gasteiger partial charge in [0.05, 0.1) is 5.01 Å².